The lowest BCUT2D eigenvalue weighted by Crippen LogP contribution is -2.37. The minimum Gasteiger partial charge on any atom is -0.378 e. The number of rotatable bonds is 7. The van der Waals surface area contributed by atoms with E-state index in [0.29, 0.717) is 31.3 Å². The van der Waals surface area contributed by atoms with E-state index in [4.69, 9.17) is 16.3 Å². The van der Waals surface area contributed by atoms with Crippen molar-refractivity contribution in [2.45, 2.75) is 6.54 Å². The highest BCUT2D eigenvalue weighted by Gasteiger charge is 2.17. The van der Waals surface area contributed by atoms with Crippen LogP contribution in [-0.4, -0.2) is 55.4 Å². The molecule has 3 heterocycles. The number of pyridine rings is 1. The van der Waals surface area contributed by atoms with Gasteiger partial charge in [-0.3, -0.25) is 4.98 Å². The molecular formula is C22H24ClFN8O. The second-order valence-corrected chi connectivity index (χ2v) is 7.97. The maximum Gasteiger partial charge on any atom is 0.270 e. The van der Waals surface area contributed by atoms with Crippen molar-refractivity contribution in [1.82, 2.24) is 15.0 Å². The van der Waals surface area contributed by atoms with E-state index in [-0.39, 0.29) is 18.3 Å². The number of nitrogens with zero attached hydrogens (tertiary/aromatic N) is 7. The van der Waals surface area contributed by atoms with Gasteiger partial charge in [0.1, 0.15) is 6.54 Å². The fourth-order valence-corrected chi connectivity index (χ4v) is 3.62. The number of morpholine rings is 1. The standard InChI is InChI=1S/C22H24ClFN8O/c1-31(2)20-6-5-15(11-18(20)23)28-17-4-3-16(25-12-17)13-27-30-22-26-14-19(24)21(29-22)32-7-9-33-10-8-32/h3-6,11-12,14,28H,7-10,13H2,1-2H3. The van der Waals surface area contributed by atoms with Gasteiger partial charge in [-0.1, -0.05) is 11.6 Å². The summed E-state index contributed by atoms with van der Waals surface area (Å²) in [5, 5.41) is 12.1. The Morgan fingerprint density at radius 2 is 1.91 bits per heavy atom. The number of benzene rings is 1. The third-order valence-electron chi connectivity index (χ3n) is 4.96. The first kappa shape index (κ1) is 22.8. The number of halogens is 2. The van der Waals surface area contributed by atoms with E-state index in [9.17, 15) is 4.39 Å². The van der Waals surface area contributed by atoms with Gasteiger partial charge >= 0.3 is 0 Å². The highest BCUT2D eigenvalue weighted by atomic mass is 35.5. The first-order valence-electron chi connectivity index (χ1n) is 10.4. The summed E-state index contributed by atoms with van der Waals surface area (Å²) < 4.78 is 19.4. The summed E-state index contributed by atoms with van der Waals surface area (Å²) in [4.78, 5) is 16.3. The average molecular weight is 471 g/mol. The number of hydrogen-bond acceptors (Lipinski definition) is 9. The van der Waals surface area contributed by atoms with Crippen LogP contribution in [0.1, 0.15) is 5.69 Å². The molecule has 11 heteroatoms. The van der Waals surface area contributed by atoms with Crippen molar-refractivity contribution in [1.29, 1.82) is 0 Å². The molecule has 9 nitrogen and oxygen atoms in total. The van der Waals surface area contributed by atoms with Gasteiger partial charge in [0.25, 0.3) is 5.95 Å². The van der Waals surface area contributed by atoms with Crippen molar-refractivity contribution in [3.63, 3.8) is 0 Å². The summed E-state index contributed by atoms with van der Waals surface area (Å²) in [5.41, 5.74) is 3.36. The Morgan fingerprint density at radius 3 is 2.61 bits per heavy atom. The van der Waals surface area contributed by atoms with Crippen LogP contribution in [0.4, 0.5) is 33.2 Å². The fourth-order valence-electron chi connectivity index (χ4n) is 3.27. The molecule has 0 amide bonds. The predicted octanol–water partition coefficient (Wildman–Crippen LogP) is 4.59. The van der Waals surface area contributed by atoms with Crippen LogP contribution >= 0.6 is 11.6 Å². The van der Waals surface area contributed by atoms with Crippen LogP contribution < -0.4 is 15.1 Å². The van der Waals surface area contributed by atoms with Crippen LogP contribution in [0, 0.1) is 5.82 Å². The van der Waals surface area contributed by atoms with Gasteiger partial charge < -0.3 is 19.9 Å². The largest absolute Gasteiger partial charge is 0.378 e. The number of hydrogen-bond donors (Lipinski definition) is 1. The van der Waals surface area contributed by atoms with Gasteiger partial charge in [0.2, 0.25) is 0 Å². The molecule has 1 saturated heterocycles. The first-order chi connectivity index (χ1) is 16.0. The molecular weight excluding hydrogens is 447 g/mol. The highest BCUT2D eigenvalue weighted by Crippen LogP contribution is 2.29. The van der Waals surface area contributed by atoms with Gasteiger partial charge in [0, 0.05) is 32.9 Å². The van der Waals surface area contributed by atoms with Crippen molar-refractivity contribution in [2.24, 2.45) is 10.2 Å². The zero-order valence-electron chi connectivity index (χ0n) is 18.4. The van der Waals surface area contributed by atoms with Crippen LogP contribution in [0.15, 0.2) is 53.0 Å². The van der Waals surface area contributed by atoms with Gasteiger partial charge in [0.05, 0.1) is 47.7 Å². The first-order valence-corrected chi connectivity index (χ1v) is 10.8. The van der Waals surface area contributed by atoms with Crippen LogP contribution in [0.2, 0.25) is 5.02 Å². The molecule has 0 atom stereocenters. The average Bonchev–Trinajstić information content (AvgIpc) is 2.82. The summed E-state index contributed by atoms with van der Waals surface area (Å²) in [6.07, 6.45) is 2.83. The molecule has 1 aliphatic rings. The monoisotopic (exact) mass is 470 g/mol. The van der Waals surface area contributed by atoms with Gasteiger partial charge in [-0.15, -0.1) is 5.11 Å². The lowest BCUT2D eigenvalue weighted by atomic mass is 10.2. The summed E-state index contributed by atoms with van der Waals surface area (Å²) in [5.74, 6) is -0.165. The van der Waals surface area contributed by atoms with Gasteiger partial charge in [-0.05, 0) is 30.3 Å². The zero-order chi connectivity index (χ0) is 23.2. The Kier molecular flexibility index (Phi) is 7.26. The van der Waals surface area contributed by atoms with E-state index in [2.05, 4.69) is 30.5 Å². The number of nitrogens with one attached hydrogen (secondary N) is 1. The quantitative estimate of drug-likeness (QED) is 0.505. The van der Waals surface area contributed by atoms with E-state index < -0.39 is 5.82 Å². The van der Waals surface area contributed by atoms with Crippen molar-refractivity contribution in [3.8, 4) is 0 Å². The van der Waals surface area contributed by atoms with Crippen LogP contribution in [-0.2, 0) is 11.3 Å². The highest BCUT2D eigenvalue weighted by molar-refractivity contribution is 6.33. The molecule has 33 heavy (non-hydrogen) atoms. The lowest BCUT2D eigenvalue weighted by Gasteiger charge is -2.27. The topological polar surface area (TPSA) is 91.1 Å². The molecule has 0 aliphatic carbocycles. The number of aromatic nitrogens is 3. The summed E-state index contributed by atoms with van der Waals surface area (Å²) in [6, 6.07) is 9.53. The van der Waals surface area contributed by atoms with E-state index in [1.165, 1.54) is 0 Å². The number of ether oxygens (including phenoxy) is 1. The van der Waals surface area contributed by atoms with Gasteiger partial charge in [0.15, 0.2) is 11.6 Å². The Morgan fingerprint density at radius 1 is 1.12 bits per heavy atom. The predicted molar refractivity (Wildman–Crippen MR) is 127 cm³/mol. The van der Waals surface area contributed by atoms with Gasteiger partial charge in [-0.25, -0.2) is 9.37 Å². The van der Waals surface area contributed by atoms with Crippen molar-refractivity contribution in [2.75, 3.05) is 55.5 Å². The Labute approximate surface area is 196 Å². The third kappa shape index (κ3) is 5.91. The fraction of sp³-hybridized carbons (Fsp3) is 0.318. The van der Waals surface area contributed by atoms with Crippen molar-refractivity contribution in [3.05, 3.63) is 59.3 Å². The summed E-state index contributed by atoms with van der Waals surface area (Å²) in [6.45, 7) is 2.45. The second kappa shape index (κ2) is 10.5. The molecule has 3 aromatic rings. The smallest absolute Gasteiger partial charge is 0.270 e. The SMILES string of the molecule is CN(C)c1ccc(Nc2ccc(CN=Nc3ncc(F)c(N4CCOCC4)n3)nc2)cc1Cl. The third-order valence-corrected chi connectivity index (χ3v) is 5.26. The van der Waals surface area contributed by atoms with E-state index in [1.54, 1.807) is 6.20 Å². The molecule has 0 bridgehead atoms. The minimum absolute atomic E-state index is 0.106. The number of azo groups is 1. The molecule has 2 aromatic heterocycles. The van der Waals surface area contributed by atoms with Crippen molar-refractivity contribution >= 4 is 40.4 Å². The van der Waals surface area contributed by atoms with Crippen LogP contribution in [0.25, 0.3) is 0 Å². The van der Waals surface area contributed by atoms with Crippen molar-refractivity contribution < 1.29 is 9.13 Å². The Balaban J connectivity index is 1.36. The van der Waals surface area contributed by atoms with Crippen LogP contribution in [0.3, 0.4) is 0 Å². The molecule has 0 radical (unpaired) electrons. The molecule has 1 N–H and O–H groups in total. The van der Waals surface area contributed by atoms with Crippen LogP contribution in [0.5, 0.6) is 0 Å². The normalized spacial score (nSPS) is 14.0. The molecule has 172 valence electrons. The van der Waals surface area contributed by atoms with E-state index >= 15 is 0 Å². The molecule has 0 saturated carbocycles. The second-order valence-electron chi connectivity index (χ2n) is 7.56. The molecule has 1 aromatic carbocycles. The maximum atomic E-state index is 14.1. The summed E-state index contributed by atoms with van der Waals surface area (Å²) in [7, 11) is 3.89. The molecule has 1 fully saturated rings. The zero-order valence-corrected chi connectivity index (χ0v) is 19.1. The molecule has 0 unspecified atom stereocenters. The summed E-state index contributed by atoms with van der Waals surface area (Å²) >= 11 is 6.33. The Hall–Kier alpha value is -3.37. The molecule has 0 spiro atoms. The Bertz CT molecular complexity index is 1120. The molecule has 1 aliphatic heterocycles. The molecule has 4 rings (SSSR count). The van der Waals surface area contributed by atoms with Gasteiger partial charge in [-0.2, -0.15) is 10.1 Å². The van der Waals surface area contributed by atoms with E-state index in [0.717, 1.165) is 29.0 Å². The lowest BCUT2D eigenvalue weighted by molar-refractivity contribution is 0.122. The minimum atomic E-state index is -0.488. The van der Waals surface area contributed by atoms with E-state index in [1.807, 2.05) is 54.2 Å². The number of anilines is 4. The maximum absolute atomic E-state index is 14.1.